The van der Waals surface area contributed by atoms with Gasteiger partial charge in [0.15, 0.2) is 0 Å². The highest BCUT2D eigenvalue weighted by molar-refractivity contribution is 8.02. The number of hydrogen-bond acceptors (Lipinski definition) is 2. The fraction of sp³-hybridized carbons (Fsp3) is 0.857. The van der Waals surface area contributed by atoms with Gasteiger partial charge in [0.05, 0.1) is 0 Å². The van der Waals surface area contributed by atoms with Gasteiger partial charge in [-0.15, -0.1) is 0 Å². The van der Waals surface area contributed by atoms with E-state index in [4.69, 9.17) is 0 Å². The van der Waals surface area contributed by atoms with Crippen LogP contribution in [0.2, 0.25) is 0 Å². The van der Waals surface area contributed by atoms with Crippen LogP contribution in [0.1, 0.15) is 39.5 Å². The Morgan fingerprint density at radius 3 is 2.88 bits per heavy atom. The lowest BCUT2D eigenvalue weighted by Gasteiger charge is -2.24. The summed E-state index contributed by atoms with van der Waals surface area (Å²) in [4.78, 5) is 0. The molecule has 0 aromatic rings. The molecule has 92 valence electrons. The van der Waals surface area contributed by atoms with Gasteiger partial charge in [-0.3, -0.25) is 0 Å². The van der Waals surface area contributed by atoms with E-state index in [-0.39, 0.29) is 0 Å². The first-order valence-electron chi connectivity index (χ1n) is 6.77. The highest BCUT2D eigenvalue weighted by Gasteiger charge is 2.44. The van der Waals surface area contributed by atoms with E-state index in [9.17, 15) is 0 Å². The van der Waals surface area contributed by atoms with Gasteiger partial charge in [-0.2, -0.15) is 11.8 Å². The molecule has 0 aromatic carbocycles. The molecule has 0 amide bonds. The first-order valence-corrected chi connectivity index (χ1v) is 7.71. The summed E-state index contributed by atoms with van der Waals surface area (Å²) in [5.41, 5.74) is 0. The van der Waals surface area contributed by atoms with Crippen molar-refractivity contribution in [2.75, 3.05) is 13.1 Å². The van der Waals surface area contributed by atoms with Crippen LogP contribution >= 0.6 is 11.8 Å². The van der Waals surface area contributed by atoms with E-state index in [1.807, 2.05) is 0 Å². The lowest BCUT2D eigenvalue weighted by atomic mass is 10.0. The van der Waals surface area contributed by atoms with Crippen molar-refractivity contribution in [1.82, 2.24) is 5.32 Å². The Morgan fingerprint density at radius 1 is 1.44 bits per heavy atom. The Hall–Kier alpha value is 0.0500. The quantitative estimate of drug-likeness (QED) is 0.539. The van der Waals surface area contributed by atoms with E-state index < -0.39 is 0 Å². The van der Waals surface area contributed by atoms with Crippen molar-refractivity contribution < 1.29 is 0 Å². The van der Waals surface area contributed by atoms with Gasteiger partial charge in [0.1, 0.15) is 0 Å². The van der Waals surface area contributed by atoms with Crippen LogP contribution in [0, 0.1) is 11.8 Å². The maximum atomic E-state index is 3.62. The molecule has 1 saturated carbocycles. The zero-order valence-corrected chi connectivity index (χ0v) is 11.4. The minimum atomic E-state index is 0.780. The predicted octanol–water partition coefficient (Wildman–Crippen LogP) is 3.46. The monoisotopic (exact) mass is 239 g/mol. The zero-order valence-electron chi connectivity index (χ0n) is 10.6. The molecule has 0 aromatic heterocycles. The predicted molar refractivity (Wildman–Crippen MR) is 74.0 cm³/mol. The Bertz CT molecular complexity index is 233. The van der Waals surface area contributed by atoms with Gasteiger partial charge >= 0.3 is 0 Å². The molecule has 1 N–H and O–H groups in total. The molecule has 4 atom stereocenters. The van der Waals surface area contributed by atoms with Gasteiger partial charge in [0.25, 0.3) is 0 Å². The fourth-order valence-electron chi connectivity index (χ4n) is 2.83. The molecule has 0 radical (unpaired) electrons. The van der Waals surface area contributed by atoms with Crippen LogP contribution in [-0.2, 0) is 0 Å². The average molecular weight is 239 g/mol. The SMILES string of the molecule is C/C=C\CC(C)CNCCC1CC2CC1S2. The summed E-state index contributed by atoms with van der Waals surface area (Å²) in [5, 5.41) is 5.70. The molecule has 1 nitrogen and oxygen atoms in total. The second kappa shape index (κ2) is 6.11. The van der Waals surface area contributed by atoms with Gasteiger partial charge in [-0.05, 0) is 57.5 Å². The van der Waals surface area contributed by atoms with Crippen molar-refractivity contribution in [2.45, 2.75) is 50.0 Å². The van der Waals surface area contributed by atoms with Gasteiger partial charge < -0.3 is 5.32 Å². The summed E-state index contributed by atoms with van der Waals surface area (Å²) in [6, 6.07) is 0. The minimum absolute atomic E-state index is 0.780. The average Bonchev–Trinajstić information content (AvgIpc) is 2.79. The second-order valence-corrected chi connectivity index (χ2v) is 6.98. The third-order valence-corrected chi connectivity index (χ3v) is 5.61. The zero-order chi connectivity index (χ0) is 11.4. The highest BCUT2D eigenvalue weighted by atomic mass is 32.2. The van der Waals surface area contributed by atoms with Crippen LogP contribution in [0.5, 0.6) is 0 Å². The third-order valence-electron chi connectivity index (χ3n) is 3.91. The summed E-state index contributed by atoms with van der Waals surface area (Å²) in [7, 11) is 0. The molecule has 2 saturated heterocycles. The number of nitrogens with one attached hydrogen (secondary N) is 1. The molecule has 2 heterocycles. The van der Waals surface area contributed by atoms with Crippen molar-refractivity contribution in [1.29, 1.82) is 0 Å². The maximum Gasteiger partial charge on any atom is 0.00895 e. The van der Waals surface area contributed by atoms with E-state index >= 15 is 0 Å². The molecule has 4 unspecified atom stereocenters. The second-order valence-electron chi connectivity index (χ2n) is 5.43. The summed E-state index contributed by atoms with van der Waals surface area (Å²) in [6.45, 7) is 6.84. The van der Waals surface area contributed by atoms with E-state index in [0.717, 1.165) is 22.3 Å². The van der Waals surface area contributed by atoms with Crippen molar-refractivity contribution in [3.63, 3.8) is 0 Å². The van der Waals surface area contributed by atoms with Crippen LogP contribution < -0.4 is 5.32 Å². The lowest BCUT2D eigenvalue weighted by molar-refractivity contribution is 0.461. The molecule has 2 aliphatic heterocycles. The first kappa shape index (κ1) is 12.5. The Balaban J connectivity index is 1.48. The fourth-order valence-corrected chi connectivity index (χ4v) is 4.46. The van der Waals surface area contributed by atoms with Crippen LogP contribution in [0.25, 0.3) is 0 Å². The molecular formula is C14H25NS. The molecule has 3 rings (SSSR count). The highest BCUT2D eigenvalue weighted by Crippen LogP contribution is 2.54. The summed E-state index contributed by atoms with van der Waals surface area (Å²) < 4.78 is 0. The van der Waals surface area contributed by atoms with Crippen LogP contribution in [0.15, 0.2) is 12.2 Å². The number of allylic oxidation sites excluding steroid dienone is 2. The van der Waals surface area contributed by atoms with Gasteiger partial charge in [0.2, 0.25) is 0 Å². The summed E-state index contributed by atoms with van der Waals surface area (Å²) >= 11 is 2.24. The number of thioether (sulfide) groups is 1. The summed E-state index contributed by atoms with van der Waals surface area (Å²) in [5.74, 6) is 1.82. The van der Waals surface area contributed by atoms with Crippen LogP contribution in [0.3, 0.4) is 0 Å². The van der Waals surface area contributed by atoms with Gasteiger partial charge in [-0.1, -0.05) is 19.1 Å². The van der Waals surface area contributed by atoms with Crippen molar-refractivity contribution in [3.8, 4) is 0 Å². The first-order chi connectivity index (χ1) is 7.79. The summed E-state index contributed by atoms with van der Waals surface area (Å²) in [6.07, 6.45) is 10.1. The molecule has 2 bridgehead atoms. The Labute approximate surface area is 104 Å². The Kier molecular flexibility index (Phi) is 4.78. The molecule has 3 aliphatic rings. The normalized spacial score (nSPS) is 34.2. The molecule has 1 aliphatic carbocycles. The molecule has 3 fully saturated rings. The van der Waals surface area contributed by atoms with Crippen molar-refractivity contribution >= 4 is 11.8 Å². The minimum Gasteiger partial charge on any atom is -0.316 e. The van der Waals surface area contributed by atoms with Gasteiger partial charge in [0, 0.05) is 10.5 Å². The number of hydrogen-bond donors (Lipinski definition) is 1. The Morgan fingerprint density at radius 2 is 2.25 bits per heavy atom. The van der Waals surface area contributed by atoms with Crippen LogP contribution in [-0.4, -0.2) is 23.6 Å². The lowest BCUT2D eigenvalue weighted by Crippen LogP contribution is -2.25. The smallest absolute Gasteiger partial charge is 0.00895 e. The number of rotatable bonds is 7. The van der Waals surface area contributed by atoms with E-state index in [1.54, 1.807) is 0 Å². The molecule has 2 heteroatoms. The van der Waals surface area contributed by atoms with E-state index in [1.165, 1.54) is 38.8 Å². The standard InChI is InChI=1S/C14H25NS/c1-3-4-5-11(2)10-15-7-6-12-8-13-9-14(12)16-13/h3-4,11-15H,5-10H2,1-2H3/b4-3-. The van der Waals surface area contributed by atoms with Gasteiger partial charge in [-0.25, -0.2) is 0 Å². The van der Waals surface area contributed by atoms with Crippen molar-refractivity contribution in [2.24, 2.45) is 11.8 Å². The van der Waals surface area contributed by atoms with Crippen LogP contribution in [0.4, 0.5) is 0 Å². The molecule has 16 heavy (non-hydrogen) atoms. The third kappa shape index (κ3) is 3.27. The largest absolute Gasteiger partial charge is 0.316 e. The number of fused-ring (bicyclic) bond motifs is 1. The van der Waals surface area contributed by atoms with E-state index in [0.29, 0.717) is 0 Å². The van der Waals surface area contributed by atoms with E-state index in [2.05, 4.69) is 43.1 Å². The maximum absolute atomic E-state index is 3.62. The topological polar surface area (TPSA) is 12.0 Å². The molecule has 0 spiro atoms. The molecular weight excluding hydrogens is 214 g/mol. The van der Waals surface area contributed by atoms with Crippen molar-refractivity contribution in [3.05, 3.63) is 12.2 Å².